The van der Waals surface area contributed by atoms with Gasteiger partial charge in [-0.3, -0.25) is 0 Å². The summed E-state index contributed by atoms with van der Waals surface area (Å²) in [6.07, 6.45) is 7.04. The molecule has 6 heteroatoms. The summed E-state index contributed by atoms with van der Waals surface area (Å²) < 4.78 is 55.2. The second kappa shape index (κ2) is 11.3. The number of rotatable bonds is 8. The normalized spacial score (nSPS) is 25.1. The average Bonchev–Trinajstić information content (AvgIpc) is 2.85. The third-order valence-corrected chi connectivity index (χ3v) is 7.31. The SMILES string of the molecule is C=CCOc1ccc(OCC2CCC(c3ccc(C4CCC(O)CC4)c(F)c3F)CC2)c(F)c1. The average molecular weight is 475 g/mol. The Morgan fingerprint density at radius 1 is 0.824 bits per heavy atom. The fourth-order valence-corrected chi connectivity index (χ4v) is 5.29. The van der Waals surface area contributed by atoms with Gasteiger partial charge in [-0.25, -0.2) is 13.2 Å². The van der Waals surface area contributed by atoms with E-state index in [1.165, 1.54) is 6.07 Å². The third kappa shape index (κ3) is 5.77. The second-order valence-corrected chi connectivity index (χ2v) is 9.60. The standard InChI is InChI=1S/C28H33F3O3/c1-2-15-33-22-11-14-26(25(29)16-22)34-17-18-3-5-19(6-4-18)23-12-13-24(28(31)27(23)30)20-7-9-21(32)10-8-20/h2,11-14,16,18-21,32H,1,3-10,15,17H2. The van der Waals surface area contributed by atoms with Crippen molar-refractivity contribution < 1.29 is 27.8 Å². The zero-order chi connectivity index (χ0) is 24.1. The van der Waals surface area contributed by atoms with Gasteiger partial charge in [0.25, 0.3) is 0 Å². The van der Waals surface area contributed by atoms with Gasteiger partial charge in [-0.15, -0.1) is 0 Å². The highest BCUT2D eigenvalue weighted by Gasteiger charge is 2.29. The molecule has 0 saturated heterocycles. The lowest BCUT2D eigenvalue weighted by atomic mass is 9.77. The molecule has 0 heterocycles. The molecule has 0 unspecified atom stereocenters. The van der Waals surface area contributed by atoms with Gasteiger partial charge >= 0.3 is 0 Å². The van der Waals surface area contributed by atoms with Gasteiger partial charge in [0, 0.05) is 6.07 Å². The zero-order valence-electron chi connectivity index (χ0n) is 19.4. The molecular weight excluding hydrogens is 441 g/mol. The number of hydrogen-bond acceptors (Lipinski definition) is 3. The maximum atomic E-state index is 15.0. The van der Waals surface area contributed by atoms with Crippen LogP contribution in [0.1, 0.15) is 74.3 Å². The van der Waals surface area contributed by atoms with Gasteiger partial charge in [0.2, 0.25) is 0 Å². The lowest BCUT2D eigenvalue weighted by molar-refractivity contribution is 0.122. The minimum atomic E-state index is -0.722. The van der Waals surface area contributed by atoms with Gasteiger partial charge in [0.1, 0.15) is 12.4 Å². The van der Waals surface area contributed by atoms with Crippen LogP contribution in [0.25, 0.3) is 0 Å². The number of aliphatic hydroxyl groups is 1. The third-order valence-electron chi connectivity index (χ3n) is 7.31. The summed E-state index contributed by atoms with van der Waals surface area (Å²) in [6, 6.07) is 8.02. The van der Waals surface area contributed by atoms with Gasteiger partial charge in [0.15, 0.2) is 23.2 Å². The van der Waals surface area contributed by atoms with Crippen molar-refractivity contribution in [1.29, 1.82) is 0 Å². The Kier molecular flexibility index (Phi) is 8.19. The van der Waals surface area contributed by atoms with Crippen molar-refractivity contribution in [3.8, 4) is 11.5 Å². The highest BCUT2D eigenvalue weighted by Crippen LogP contribution is 2.40. The first-order chi connectivity index (χ1) is 16.5. The van der Waals surface area contributed by atoms with Crippen molar-refractivity contribution in [3.63, 3.8) is 0 Å². The summed E-state index contributed by atoms with van der Waals surface area (Å²) in [5.41, 5.74) is 0.899. The van der Waals surface area contributed by atoms with E-state index >= 15 is 0 Å². The molecule has 0 spiro atoms. The number of benzene rings is 2. The first kappa shape index (κ1) is 24.6. The molecule has 0 aromatic heterocycles. The highest BCUT2D eigenvalue weighted by atomic mass is 19.2. The number of ether oxygens (including phenoxy) is 2. The topological polar surface area (TPSA) is 38.7 Å². The second-order valence-electron chi connectivity index (χ2n) is 9.60. The summed E-state index contributed by atoms with van der Waals surface area (Å²) in [5.74, 6) is -1.11. The molecule has 2 fully saturated rings. The Labute approximate surface area is 199 Å². The van der Waals surface area contributed by atoms with Crippen molar-refractivity contribution >= 4 is 0 Å². The van der Waals surface area contributed by atoms with Gasteiger partial charge in [-0.1, -0.05) is 24.8 Å². The van der Waals surface area contributed by atoms with Crippen molar-refractivity contribution in [2.75, 3.05) is 13.2 Å². The Bertz CT molecular complexity index is 977. The van der Waals surface area contributed by atoms with E-state index in [0.29, 0.717) is 55.8 Å². The Balaban J connectivity index is 1.30. The van der Waals surface area contributed by atoms with Crippen LogP contribution in [0.4, 0.5) is 13.2 Å². The van der Waals surface area contributed by atoms with Gasteiger partial charge in [0.05, 0.1) is 12.7 Å². The van der Waals surface area contributed by atoms with E-state index in [9.17, 15) is 18.3 Å². The van der Waals surface area contributed by atoms with Crippen LogP contribution < -0.4 is 9.47 Å². The highest BCUT2D eigenvalue weighted by molar-refractivity contribution is 5.34. The van der Waals surface area contributed by atoms with Crippen LogP contribution in [0, 0.1) is 23.4 Å². The molecule has 3 nitrogen and oxygen atoms in total. The molecule has 0 amide bonds. The molecule has 1 N–H and O–H groups in total. The summed E-state index contributed by atoms with van der Waals surface area (Å²) >= 11 is 0. The first-order valence-corrected chi connectivity index (χ1v) is 12.3. The molecule has 2 saturated carbocycles. The Hall–Kier alpha value is -2.47. The minimum absolute atomic E-state index is 0.0222. The maximum Gasteiger partial charge on any atom is 0.168 e. The van der Waals surface area contributed by atoms with Crippen molar-refractivity contribution in [1.82, 2.24) is 0 Å². The van der Waals surface area contributed by atoms with Gasteiger partial charge < -0.3 is 14.6 Å². The van der Waals surface area contributed by atoms with E-state index in [1.807, 2.05) is 0 Å². The lowest BCUT2D eigenvalue weighted by Gasteiger charge is -2.30. The van der Waals surface area contributed by atoms with E-state index in [0.717, 1.165) is 25.7 Å². The van der Waals surface area contributed by atoms with Crippen LogP contribution >= 0.6 is 0 Å². The van der Waals surface area contributed by atoms with Crippen molar-refractivity contribution in [2.45, 2.75) is 69.3 Å². The quantitative estimate of drug-likeness (QED) is 0.417. The van der Waals surface area contributed by atoms with Crippen LogP contribution in [0.15, 0.2) is 43.0 Å². The summed E-state index contributed by atoms with van der Waals surface area (Å²) in [6.45, 7) is 4.26. The molecular formula is C28H33F3O3. The molecule has 4 rings (SSSR count). The van der Waals surface area contributed by atoms with Gasteiger partial charge in [-0.2, -0.15) is 0 Å². The number of hydrogen-bond donors (Lipinski definition) is 1. The molecule has 2 aliphatic carbocycles. The van der Waals surface area contributed by atoms with Crippen molar-refractivity contribution in [3.05, 3.63) is 71.6 Å². The number of halogens is 3. The van der Waals surface area contributed by atoms with Crippen LogP contribution in [0.3, 0.4) is 0 Å². The molecule has 0 aliphatic heterocycles. The molecule has 2 aromatic carbocycles. The Morgan fingerprint density at radius 2 is 1.41 bits per heavy atom. The fraction of sp³-hybridized carbons (Fsp3) is 0.500. The van der Waals surface area contributed by atoms with Crippen LogP contribution in [0.5, 0.6) is 11.5 Å². The summed E-state index contributed by atoms with van der Waals surface area (Å²) in [5, 5.41) is 9.69. The molecule has 0 radical (unpaired) electrons. The largest absolute Gasteiger partial charge is 0.490 e. The minimum Gasteiger partial charge on any atom is -0.490 e. The predicted molar refractivity (Wildman–Crippen MR) is 126 cm³/mol. The lowest BCUT2D eigenvalue weighted by Crippen LogP contribution is -2.21. The maximum absolute atomic E-state index is 15.0. The van der Waals surface area contributed by atoms with Crippen LogP contribution in [0.2, 0.25) is 0 Å². The van der Waals surface area contributed by atoms with Crippen LogP contribution in [-0.4, -0.2) is 24.4 Å². The first-order valence-electron chi connectivity index (χ1n) is 12.3. The van der Waals surface area contributed by atoms with E-state index in [2.05, 4.69) is 6.58 Å². The zero-order valence-corrected chi connectivity index (χ0v) is 19.4. The monoisotopic (exact) mass is 474 g/mol. The molecule has 2 aliphatic rings. The fourth-order valence-electron chi connectivity index (χ4n) is 5.29. The van der Waals surface area contributed by atoms with E-state index in [1.54, 1.807) is 30.3 Å². The number of aliphatic hydroxyl groups excluding tert-OH is 1. The molecule has 2 aromatic rings. The molecule has 0 atom stereocenters. The van der Waals surface area contributed by atoms with E-state index < -0.39 is 17.5 Å². The predicted octanol–water partition coefficient (Wildman–Crippen LogP) is 7.04. The smallest absolute Gasteiger partial charge is 0.168 e. The van der Waals surface area contributed by atoms with Crippen molar-refractivity contribution in [2.24, 2.45) is 5.92 Å². The van der Waals surface area contributed by atoms with E-state index in [-0.39, 0.29) is 29.6 Å². The molecule has 184 valence electrons. The van der Waals surface area contributed by atoms with Gasteiger partial charge in [-0.05, 0) is 92.4 Å². The van der Waals surface area contributed by atoms with Crippen LogP contribution in [-0.2, 0) is 0 Å². The molecule has 34 heavy (non-hydrogen) atoms. The van der Waals surface area contributed by atoms with E-state index in [4.69, 9.17) is 9.47 Å². The summed E-state index contributed by atoms with van der Waals surface area (Å²) in [4.78, 5) is 0. The molecule has 0 bridgehead atoms. The Morgan fingerprint density at radius 3 is 1.97 bits per heavy atom. The summed E-state index contributed by atoms with van der Waals surface area (Å²) in [7, 11) is 0.